The van der Waals surface area contributed by atoms with Crippen LogP contribution in [0, 0.1) is 12.7 Å². The van der Waals surface area contributed by atoms with E-state index < -0.39 is 0 Å². The summed E-state index contributed by atoms with van der Waals surface area (Å²) in [5, 5.41) is 7.31. The fourth-order valence-corrected chi connectivity index (χ4v) is 2.55. The second-order valence-corrected chi connectivity index (χ2v) is 5.84. The predicted octanol–water partition coefficient (Wildman–Crippen LogP) is 3.06. The van der Waals surface area contributed by atoms with Crippen molar-refractivity contribution < 1.29 is 18.7 Å². The number of nitrogens with zero attached hydrogens (tertiary/aromatic N) is 2. The van der Waals surface area contributed by atoms with Gasteiger partial charge < -0.3 is 10.1 Å². The van der Waals surface area contributed by atoms with Gasteiger partial charge in [-0.1, -0.05) is 11.6 Å². The maximum atomic E-state index is 13.0. The molecule has 1 aromatic heterocycles. The summed E-state index contributed by atoms with van der Waals surface area (Å²) in [4.78, 5) is 22.8. The zero-order valence-electron chi connectivity index (χ0n) is 14.5. The van der Waals surface area contributed by atoms with E-state index in [1.165, 1.54) is 30.0 Å². The highest BCUT2D eigenvalue weighted by atomic mass is 35.5. The zero-order valence-corrected chi connectivity index (χ0v) is 15.2. The van der Waals surface area contributed by atoms with Crippen LogP contribution in [0.3, 0.4) is 0 Å². The van der Waals surface area contributed by atoms with E-state index in [0.29, 0.717) is 35.1 Å². The largest absolute Gasteiger partial charge is 0.469 e. The van der Waals surface area contributed by atoms with Gasteiger partial charge in [-0.15, -0.1) is 0 Å². The van der Waals surface area contributed by atoms with Gasteiger partial charge in [-0.2, -0.15) is 5.10 Å². The summed E-state index contributed by atoms with van der Waals surface area (Å²) in [6, 6.07) is 5.77. The van der Waals surface area contributed by atoms with Gasteiger partial charge in [0.05, 0.1) is 18.5 Å². The van der Waals surface area contributed by atoms with Gasteiger partial charge in [0.2, 0.25) is 5.91 Å². The molecule has 0 atom stereocenters. The van der Waals surface area contributed by atoms with E-state index in [9.17, 15) is 14.0 Å². The van der Waals surface area contributed by atoms with E-state index in [1.54, 1.807) is 25.1 Å². The van der Waals surface area contributed by atoms with Gasteiger partial charge in [0.1, 0.15) is 11.0 Å². The normalized spacial score (nSPS) is 10.9. The number of aromatic nitrogens is 2. The first kappa shape index (κ1) is 19.7. The van der Waals surface area contributed by atoms with Gasteiger partial charge in [0.25, 0.3) is 0 Å². The standard InChI is InChI=1S/C18H19ClFN3O3/c1-12-15(9-10-16(24)21-11-3-4-17(25)26-2)18(19)23(22-12)14-7-5-13(20)6-8-14/h5-10H,3-4,11H2,1-2H3,(H,21,24)/b10-9+. The van der Waals surface area contributed by atoms with Crippen LogP contribution in [0.15, 0.2) is 30.3 Å². The molecular formula is C18H19ClFN3O3. The number of esters is 1. The number of hydrogen-bond donors (Lipinski definition) is 1. The molecular weight excluding hydrogens is 361 g/mol. The number of ether oxygens (including phenoxy) is 1. The highest BCUT2D eigenvalue weighted by Gasteiger charge is 2.13. The Morgan fingerprint density at radius 3 is 2.69 bits per heavy atom. The zero-order chi connectivity index (χ0) is 19.1. The number of nitrogens with one attached hydrogen (secondary N) is 1. The van der Waals surface area contributed by atoms with E-state index in [0.717, 1.165) is 0 Å². The fourth-order valence-electron chi connectivity index (χ4n) is 2.22. The average molecular weight is 380 g/mol. The molecule has 2 rings (SSSR count). The van der Waals surface area contributed by atoms with Crippen LogP contribution in [0.25, 0.3) is 11.8 Å². The number of benzene rings is 1. The van der Waals surface area contributed by atoms with Crippen molar-refractivity contribution in [2.75, 3.05) is 13.7 Å². The number of methoxy groups -OCH3 is 1. The molecule has 0 fully saturated rings. The number of carbonyl (C=O) groups excluding carboxylic acids is 2. The van der Waals surface area contributed by atoms with Gasteiger partial charge in [-0.3, -0.25) is 9.59 Å². The van der Waals surface area contributed by atoms with Crippen molar-refractivity contribution in [1.29, 1.82) is 0 Å². The second-order valence-electron chi connectivity index (χ2n) is 5.48. The third-order valence-corrected chi connectivity index (χ3v) is 3.97. The van der Waals surface area contributed by atoms with Crippen LogP contribution in [0.2, 0.25) is 5.15 Å². The van der Waals surface area contributed by atoms with E-state index in [4.69, 9.17) is 11.6 Å². The Morgan fingerprint density at radius 2 is 2.04 bits per heavy atom. The Bertz CT molecular complexity index is 816. The van der Waals surface area contributed by atoms with Crippen LogP contribution in [0.4, 0.5) is 4.39 Å². The highest BCUT2D eigenvalue weighted by molar-refractivity contribution is 6.31. The van der Waals surface area contributed by atoms with Gasteiger partial charge in [-0.05, 0) is 43.7 Å². The Labute approximate surface area is 155 Å². The summed E-state index contributed by atoms with van der Waals surface area (Å²) in [5.74, 6) is -0.969. The molecule has 0 radical (unpaired) electrons. The molecule has 138 valence electrons. The topological polar surface area (TPSA) is 73.2 Å². The molecule has 0 unspecified atom stereocenters. The van der Waals surface area contributed by atoms with Crippen LogP contribution >= 0.6 is 11.6 Å². The lowest BCUT2D eigenvalue weighted by Gasteiger charge is -2.03. The number of hydrogen-bond acceptors (Lipinski definition) is 4. The molecule has 0 spiro atoms. The number of rotatable bonds is 7. The minimum absolute atomic E-state index is 0.246. The quantitative estimate of drug-likeness (QED) is 0.456. The van der Waals surface area contributed by atoms with Gasteiger partial charge >= 0.3 is 5.97 Å². The predicted molar refractivity (Wildman–Crippen MR) is 96.6 cm³/mol. The Balaban J connectivity index is 2.00. The number of carbonyl (C=O) groups is 2. The van der Waals surface area contributed by atoms with Crippen molar-refractivity contribution in [3.8, 4) is 5.69 Å². The minimum atomic E-state index is -0.349. The van der Waals surface area contributed by atoms with Gasteiger partial charge in [0, 0.05) is 24.6 Å². The van der Waals surface area contributed by atoms with Crippen LogP contribution < -0.4 is 5.32 Å². The molecule has 1 amide bonds. The Kier molecular flexibility index (Phi) is 6.91. The maximum Gasteiger partial charge on any atom is 0.305 e. The molecule has 0 aliphatic carbocycles. The smallest absolute Gasteiger partial charge is 0.305 e. The first-order valence-corrected chi connectivity index (χ1v) is 8.34. The second kappa shape index (κ2) is 9.15. The van der Waals surface area contributed by atoms with Crippen molar-refractivity contribution in [3.05, 3.63) is 52.6 Å². The lowest BCUT2D eigenvalue weighted by molar-refractivity contribution is -0.140. The van der Waals surface area contributed by atoms with Crippen molar-refractivity contribution in [3.63, 3.8) is 0 Å². The summed E-state index contributed by atoms with van der Waals surface area (Å²) >= 11 is 6.34. The number of amides is 1. The molecule has 6 nitrogen and oxygen atoms in total. The van der Waals surface area contributed by atoms with Gasteiger partial charge in [0.15, 0.2) is 0 Å². The average Bonchev–Trinajstić information content (AvgIpc) is 2.91. The number of halogens is 2. The van der Waals surface area contributed by atoms with E-state index in [2.05, 4.69) is 15.2 Å². The van der Waals surface area contributed by atoms with Crippen molar-refractivity contribution in [1.82, 2.24) is 15.1 Å². The summed E-state index contributed by atoms with van der Waals surface area (Å²) in [7, 11) is 1.32. The summed E-state index contributed by atoms with van der Waals surface area (Å²) < 4.78 is 19.0. The number of aryl methyl sites for hydroxylation is 1. The highest BCUT2D eigenvalue weighted by Crippen LogP contribution is 2.24. The van der Waals surface area contributed by atoms with Crippen molar-refractivity contribution in [2.45, 2.75) is 19.8 Å². The molecule has 0 saturated carbocycles. The van der Waals surface area contributed by atoms with Crippen LogP contribution in [0.5, 0.6) is 0 Å². The van der Waals surface area contributed by atoms with E-state index in [-0.39, 0.29) is 24.1 Å². The molecule has 26 heavy (non-hydrogen) atoms. The Morgan fingerprint density at radius 1 is 1.35 bits per heavy atom. The van der Waals surface area contributed by atoms with Gasteiger partial charge in [-0.25, -0.2) is 9.07 Å². The summed E-state index contributed by atoms with van der Waals surface area (Å²) in [6.07, 6.45) is 3.66. The maximum absolute atomic E-state index is 13.0. The summed E-state index contributed by atoms with van der Waals surface area (Å²) in [5.41, 5.74) is 1.85. The molecule has 1 aromatic carbocycles. The molecule has 0 saturated heterocycles. The van der Waals surface area contributed by atoms with Crippen LogP contribution in [-0.2, 0) is 14.3 Å². The molecule has 2 aromatic rings. The summed E-state index contributed by atoms with van der Waals surface area (Å²) in [6.45, 7) is 2.12. The first-order chi connectivity index (χ1) is 12.4. The van der Waals surface area contributed by atoms with Crippen molar-refractivity contribution in [2.24, 2.45) is 0 Å². The van der Waals surface area contributed by atoms with Crippen LogP contribution in [-0.4, -0.2) is 35.3 Å². The third kappa shape index (κ3) is 5.16. The van der Waals surface area contributed by atoms with Crippen molar-refractivity contribution >= 4 is 29.6 Å². The first-order valence-electron chi connectivity index (χ1n) is 7.96. The molecule has 1 N–H and O–H groups in total. The molecule has 0 bridgehead atoms. The molecule has 8 heteroatoms. The molecule has 0 aliphatic rings. The Hall–Kier alpha value is -2.67. The van der Waals surface area contributed by atoms with E-state index in [1.807, 2.05) is 0 Å². The van der Waals surface area contributed by atoms with E-state index >= 15 is 0 Å². The minimum Gasteiger partial charge on any atom is -0.469 e. The van der Waals surface area contributed by atoms with Crippen LogP contribution in [0.1, 0.15) is 24.1 Å². The molecule has 0 aliphatic heterocycles. The monoisotopic (exact) mass is 379 g/mol. The molecule has 1 heterocycles. The lowest BCUT2D eigenvalue weighted by atomic mass is 10.2. The lowest BCUT2D eigenvalue weighted by Crippen LogP contribution is -2.22. The third-order valence-electron chi connectivity index (χ3n) is 3.61. The fraction of sp³-hybridized carbons (Fsp3) is 0.278. The SMILES string of the molecule is COC(=O)CCCNC(=O)/C=C/c1c(C)nn(-c2ccc(F)cc2)c1Cl.